The maximum absolute atomic E-state index is 11.3. The third-order valence-corrected chi connectivity index (χ3v) is 7.08. The zero-order valence-corrected chi connectivity index (χ0v) is 19.5. The Labute approximate surface area is 191 Å². The van der Waals surface area contributed by atoms with Crippen LogP contribution in [0.1, 0.15) is 54.5 Å². The lowest BCUT2D eigenvalue weighted by Crippen LogP contribution is -3.19. The van der Waals surface area contributed by atoms with Crippen molar-refractivity contribution in [3.05, 3.63) is 95.1 Å². The van der Waals surface area contributed by atoms with Crippen LogP contribution in [0.4, 0.5) is 0 Å². The number of aliphatic hydroxyl groups is 1. The lowest BCUT2D eigenvalue weighted by molar-refractivity contribution is -0.969. The third-order valence-electron chi connectivity index (χ3n) is 7.08. The van der Waals surface area contributed by atoms with Crippen LogP contribution in [0, 0.1) is 0 Å². The standard InChI is InChI=1S/C28H33NO3/c1-28(2)27(30)24-18-26(32-4)25(31-3)17-22(24)19-29(28)16-15-23(20-11-7-5-8-12-20)21-13-9-6-10-14-21/h5-14,17-18,23,27,30H,15-16,19H2,1-4H3/p+1. The summed E-state index contributed by atoms with van der Waals surface area (Å²) in [5, 5.41) is 11.3. The molecule has 2 atom stereocenters. The maximum atomic E-state index is 11.3. The summed E-state index contributed by atoms with van der Waals surface area (Å²) in [7, 11) is 3.29. The van der Waals surface area contributed by atoms with E-state index in [0.29, 0.717) is 17.4 Å². The Hall–Kier alpha value is -2.82. The van der Waals surface area contributed by atoms with Crippen LogP contribution in [0.2, 0.25) is 0 Å². The van der Waals surface area contributed by atoms with Gasteiger partial charge in [0, 0.05) is 17.9 Å². The molecule has 32 heavy (non-hydrogen) atoms. The Bertz CT molecular complexity index is 994. The van der Waals surface area contributed by atoms with Crippen molar-refractivity contribution in [3.8, 4) is 11.5 Å². The molecule has 168 valence electrons. The fraction of sp³-hybridized carbons (Fsp3) is 0.357. The highest BCUT2D eigenvalue weighted by atomic mass is 16.5. The minimum absolute atomic E-state index is 0.315. The number of quaternary nitrogens is 1. The lowest BCUT2D eigenvalue weighted by atomic mass is 9.81. The average Bonchev–Trinajstić information content (AvgIpc) is 2.83. The fourth-order valence-corrected chi connectivity index (χ4v) is 5.01. The van der Waals surface area contributed by atoms with E-state index >= 15 is 0 Å². The molecule has 0 fully saturated rings. The van der Waals surface area contributed by atoms with E-state index in [9.17, 15) is 5.11 Å². The Kier molecular flexibility index (Phi) is 6.54. The van der Waals surface area contributed by atoms with Gasteiger partial charge in [0.1, 0.15) is 18.2 Å². The molecular formula is C28H34NO3+. The molecule has 0 saturated heterocycles. The third kappa shape index (κ3) is 4.25. The second-order valence-electron chi connectivity index (χ2n) is 9.22. The molecule has 4 heteroatoms. The molecule has 0 aliphatic carbocycles. The van der Waals surface area contributed by atoms with E-state index in [1.54, 1.807) is 14.2 Å². The average molecular weight is 433 g/mol. The van der Waals surface area contributed by atoms with Crippen molar-refractivity contribution in [2.45, 2.75) is 44.4 Å². The van der Waals surface area contributed by atoms with Crippen molar-refractivity contribution in [1.82, 2.24) is 0 Å². The van der Waals surface area contributed by atoms with Crippen molar-refractivity contribution >= 4 is 0 Å². The van der Waals surface area contributed by atoms with Crippen LogP contribution in [0.15, 0.2) is 72.8 Å². The number of hydrogen-bond donors (Lipinski definition) is 2. The van der Waals surface area contributed by atoms with Crippen LogP contribution in [0.25, 0.3) is 0 Å². The van der Waals surface area contributed by atoms with Gasteiger partial charge in [-0.05, 0) is 42.7 Å². The van der Waals surface area contributed by atoms with E-state index in [2.05, 4.69) is 74.5 Å². The van der Waals surface area contributed by atoms with Crippen LogP contribution in [-0.4, -0.2) is 31.4 Å². The molecule has 3 aromatic rings. The molecule has 2 unspecified atom stereocenters. The Morgan fingerprint density at radius 3 is 1.97 bits per heavy atom. The number of aliphatic hydroxyl groups excluding tert-OH is 1. The number of fused-ring (bicyclic) bond motifs is 1. The molecule has 3 aromatic carbocycles. The van der Waals surface area contributed by atoms with Gasteiger partial charge < -0.3 is 19.5 Å². The van der Waals surface area contributed by atoms with E-state index in [1.807, 2.05) is 12.1 Å². The van der Waals surface area contributed by atoms with Crippen molar-refractivity contribution in [3.63, 3.8) is 0 Å². The predicted molar refractivity (Wildman–Crippen MR) is 127 cm³/mol. The normalized spacial score (nSPS) is 19.4. The van der Waals surface area contributed by atoms with Gasteiger partial charge in [0.15, 0.2) is 11.5 Å². The number of methoxy groups -OCH3 is 2. The van der Waals surface area contributed by atoms with Crippen LogP contribution < -0.4 is 14.4 Å². The Morgan fingerprint density at radius 1 is 0.906 bits per heavy atom. The largest absolute Gasteiger partial charge is 0.493 e. The molecule has 4 nitrogen and oxygen atoms in total. The monoisotopic (exact) mass is 432 g/mol. The minimum Gasteiger partial charge on any atom is -0.493 e. The van der Waals surface area contributed by atoms with Gasteiger partial charge in [-0.3, -0.25) is 0 Å². The topological polar surface area (TPSA) is 43.1 Å². The molecule has 0 aromatic heterocycles. The van der Waals surface area contributed by atoms with Gasteiger partial charge in [0.25, 0.3) is 0 Å². The summed E-state index contributed by atoms with van der Waals surface area (Å²) in [5.74, 6) is 1.70. The summed E-state index contributed by atoms with van der Waals surface area (Å²) >= 11 is 0. The highest BCUT2D eigenvalue weighted by Gasteiger charge is 2.45. The van der Waals surface area contributed by atoms with Gasteiger partial charge in [-0.2, -0.15) is 0 Å². The zero-order valence-electron chi connectivity index (χ0n) is 19.5. The first kappa shape index (κ1) is 22.4. The van der Waals surface area contributed by atoms with Gasteiger partial charge in [-0.25, -0.2) is 0 Å². The van der Waals surface area contributed by atoms with Gasteiger partial charge in [-0.1, -0.05) is 60.7 Å². The molecule has 0 radical (unpaired) electrons. The molecule has 0 bridgehead atoms. The maximum Gasteiger partial charge on any atom is 0.161 e. The molecule has 4 rings (SSSR count). The summed E-state index contributed by atoms with van der Waals surface area (Å²) in [5.41, 5.74) is 4.42. The van der Waals surface area contributed by atoms with Crippen LogP contribution in [-0.2, 0) is 6.54 Å². The molecule has 1 aliphatic rings. The van der Waals surface area contributed by atoms with E-state index in [1.165, 1.54) is 16.0 Å². The van der Waals surface area contributed by atoms with Crippen molar-refractivity contribution < 1.29 is 19.5 Å². The molecule has 1 heterocycles. The molecular weight excluding hydrogens is 398 g/mol. The van der Waals surface area contributed by atoms with E-state index < -0.39 is 6.10 Å². The van der Waals surface area contributed by atoms with Crippen LogP contribution >= 0.6 is 0 Å². The van der Waals surface area contributed by atoms with Gasteiger partial charge in [0.05, 0.1) is 20.8 Å². The molecule has 2 N–H and O–H groups in total. The first-order chi connectivity index (χ1) is 15.5. The van der Waals surface area contributed by atoms with Crippen LogP contribution in [0.5, 0.6) is 11.5 Å². The fourth-order valence-electron chi connectivity index (χ4n) is 5.01. The summed E-state index contributed by atoms with van der Waals surface area (Å²) in [6, 6.07) is 25.4. The van der Waals surface area contributed by atoms with E-state index in [-0.39, 0.29) is 5.54 Å². The van der Waals surface area contributed by atoms with E-state index in [0.717, 1.165) is 30.6 Å². The lowest BCUT2D eigenvalue weighted by Gasteiger charge is -2.44. The minimum atomic E-state index is -0.576. The SMILES string of the molecule is COc1cc2c(cc1OC)C(O)C(C)(C)[NH+](CCC(c1ccccc1)c1ccccc1)C2. The summed E-state index contributed by atoms with van der Waals surface area (Å²) in [6.45, 7) is 6.11. The van der Waals surface area contributed by atoms with Gasteiger partial charge in [0.2, 0.25) is 0 Å². The Balaban J connectivity index is 1.62. The van der Waals surface area contributed by atoms with Crippen molar-refractivity contribution in [1.29, 1.82) is 0 Å². The first-order valence-corrected chi connectivity index (χ1v) is 11.3. The van der Waals surface area contributed by atoms with Gasteiger partial charge in [-0.15, -0.1) is 0 Å². The second kappa shape index (κ2) is 9.35. The van der Waals surface area contributed by atoms with Crippen LogP contribution in [0.3, 0.4) is 0 Å². The summed E-state index contributed by atoms with van der Waals surface area (Å²) in [6.07, 6.45) is 0.426. The van der Waals surface area contributed by atoms with Gasteiger partial charge >= 0.3 is 0 Å². The zero-order chi connectivity index (χ0) is 22.7. The summed E-state index contributed by atoms with van der Waals surface area (Å²) < 4.78 is 11.0. The number of nitrogens with one attached hydrogen (secondary N) is 1. The number of hydrogen-bond acceptors (Lipinski definition) is 3. The molecule has 0 spiro atoms. The Morgan fingerprint density at radius 2 is 1.44 bits per heavy atom. The van der Waals surface area contributed by atoms with E-state index in [4.69, 9.17) is 9.47 Å². The second-order valence-corrected chi connectivity index (χ2v) is 9.22. The predicted octanol–water partition coefficient (Wildman–Crippen LogP) is 4.14. The van der Waals surface area contributed by atoms with Crippen molar-refractivity contribution in [2.75, 3.05) is 20.8 Å². The smallest absolute Gasteiger partial charge is 0.161 e. The molecule has 0 amide bonds. The highest BCUT2D eigenvalue weighted by Crippen LogP contribution is 2.38. The first-order valence-electron chi connectivity index (χ1n) is 11.3. The highest BCUT2D eigenvalue weighted by molar-refractivity contribution is 5.49. The quantitative estimate of drug-likeness (QED) is 0.590. The molecule has 0 saturated carbocycles. The molecule has 1 aliphatic heterocycles. The number of benzene rings is 3. The number of ether oxygens (including phenoxy) is 2. The van der Waals surface area contributed by atoms with Crippen molar-refractivity contribution in [2.24, 2.45) is 0 Å². The summed E-state index contributed by atoms with van der Waals surface area (Å²) in [4.78, 5) is 1.38. The number of rotatable bonds is 7.